The lowest BCUT2D eigenvalue weighted by Crippen LogP contribution is -2.38. The minimum Gasteiger partial charge on any atom is -0.348 e. The van der Waals surface area contributed by atoms with Gasteiger partial charge in [0.25, 0.3) is 5.91 Å². The molecular weight excluding hydrogens is 426 g/mol. The molecule has 0 bridgehead atoms. The largest absolute Gasteiger partial charge is 0.348 e. The number of amides is 2. The number of nitrogens with one attached hydrogen (secondary N) is 2. The molecular formula is C24H25N3O4S. The third-order valence-corrected chi connectivity index (χ3v) is 5.94. The SMILES string of the molecule is Cc1ccccc1N(CC(=O)Nc1ccccc1C(=O)NCc1ccccc1)S(C)(=O)=O. The fourth-order valence-electron chi connectivity index (χ4n) is 3.21. The maximum Gasteiger partial charge on any atom is 0.253 e. The van der Waals surface area contributed by atoms with Gasteiger partial charge in [0.15, 0.2) is 0 Å². The molecule has 2 N–H and O–H groups in total. The standard InChI is InChI=1S/C24H25N3O4S/c1-18-10-6-9-15-22(18)27(32(2,30)31)17-23(28)26-21-14-8-7-13-20(21)24(29)25-16-19-11-4-3-5-12-19/h3-15H,16-17H2,1-2H3,(H,25,29)(H,26,28). The fourth-order valence-corrected chi connectivity index (χ4v) is 4.12. The Labute approximate surface area is 188 Å². The van der Waals surface area contributed by atoms with Gasteiger partial charge in [-0.2, -0.15) is 0 Å². The van der Waals surface area contributed by atoms with Crippen molar-refractivity contribution in [2.24, 2.45) is 0 Å². The Hall–Kier alpha value is -3.65. The highest BCUT2D eigenvalue weighted by Gasteiger charge is 2.23. The minimum atomic E-state index is -3.70. The highest BCUT2D eigenvalue weighted by molar-refractivity contribution is 7.92. The molecule has 0 aliphatic carbocycles. The monoisotopic (exact) mass is 451 g/mol. The van der Waals surface area contributed by atoms with Crippen molar-refractivity contribution in [1.82, 2.24) is 5.32 Å². The van der Waals surface area contributed by atoms with E-state index in [1.807, 2.05) is 30.3 Å². The zero-order chi connectivity index (χ0) is 23.1. The first-order chi connectivity index (χ1) is 15.3. The van der Waals surface area contributed by atoms with Gasteiger partial charge in [-0.25, -0.2) is 8.42 Å². The first-order valence-corrected chi connectivity index (χ1v) is 11.8. The molecule has 0 radical (unpaired) electrons. The first kappa shape index (κ1) is 23.0. The fraction of sp³-hybridized carbons (Fsp3) is 0.167. The summed E-state index contributed by atoms with van der Waals surface area (Å²) in [7, 11) is -3.70. The van der Waals surface area contributed by atoms with Gasteiger partial charge >= 0.3 is 0 Å². The predicted molar refractivity (Wildman–Crippen MR) is 126 cm³/mol. The Morgan fingerprint density at radius 3 is 2.19 bits per heavy atom. The van der Waals surface area contributed by atoms with E-state index in [1.165, 1.54) is 0 Å². The highest BCUT2D eigenvalue weighted by atomic mass is 32.2. The molecule has 0 aliphatic heterocycles. The van der Waals surface area contributed by atoms with Crippen LogP contribution in [-0.4, -0.2) is 33.0 Å². The Balaban J connectivity index is 1.75. The summed E-state index contributed by atoms with van der Waals surface area (Å²) < 4.78 is 25.7. The highest BCUT2D eigenvalue weighted by Crippen LogP contribution is 2.22. The van der Waals surface area contributed by atoms with Crippen molar-refractivity contribution in [2.45, 2.75) is 13.5 Å². The van der Waals surface area contributed by atoms with Gasteiger partial charge in [-0.15, -0.1) is 0 Å². The van der Waals surface area contributed by atoms with Gasteiger partial charge in [0.05, 0.1) is 23.2 Å². The van der Waals surface area contributed by atoms with Crippen molar-refractivity contribution >= 4 is 33.2 Å². The molecule has 0 aromatic heterocycles. The number of aryl methyl sites for hydroxylation is 1. The lowest BCUT2D eigenvalue weighted by molar-refractivity contribution is -0.114. The van der Waals surface area contributed by atoms with Crippen LogP contribution in [0.1, 0.15) is 21.5 Å². The number of rotatable bonds is 8. The quantitative estimate of drug-likeness (QED) is 0.549. The topological polar surface area (TPSA) is 95.6 Å². The van der Waals surface area contributed by atoms with Crippen LogP contribution in [0.15, 0.2) is 78.9 Å². The van der Waals surface area contributed by atoms with E-state index in [0.29, 0.717) is 23.5 Å². The molecule has 0 fully saturated rings. The summed E-state index contributed by atoms with van der Waals surface area (Å²) in [6.45, 7) is 1.71. The van der Waals surface area contributed by atoms with Crippen LogP contribution in [0.5, 0.6) is 0 Å². The van der Waals surface area contributed by atoms with Gasteiger partial charge in [-0.1, -0.05) is 60.7 Å². The molecule has 2 amide bonds. The van der Waals surface area contributed by atoms with Gasteiger partial charge in [0, 0.05) is 6.54 Å². The smallest absolute Gasteiger partial charge is 0.253 e. The molecule has 0 heterocycles. The van der Waals surface area contributed by atoms with Crippen LogP contribution in [0.3, 0.4) is 0 Å². The Bertz CT molecular complexity index is 1210. The van der Waals surface area contributed by atoms with Gasteiger partial charge in [-0.05, 0) is 36.2 Å². The molecule has 8 heteroatoms. The molecule has 3 rings (SSSR count). The third-order valence-electron chi connectivity index (χ3n) is 4.81. The molecule has 3 aromatic rings. The summed E-state index contributed by atoms with van der Waals surface area (Å²) in [5.41, 5.74) is 2.70. The molecule has 0 spiro atoms. The number of nitrogens with zero attached hydrogens (tertiary/aromatic N) is 1. The summed E-state index contributed by atoms with van der Waals surface area (Å²) in [6, 6.07) is 23.0. The molecule has 0 saturated carbocycles. The Morgan fingerprint density at radius 1 is 0.875 bits per heavy atom. The number of para-hydroxylation sites is 2. The van der Waals surface area contributed by atoms with Crippen molar-refractivity contribution in [2.75, 3.05) is 22.4 Å². The molecule has 0 saturated heterocycles. The molecule has 166 valence electrons. The van der Waals surface area contributed by atoms with Crippen LogP contribution >= 0.6 is 0 Å². The van der Waals surface area contributed by atoms with E-state index in [1.54, 1.807) is 55.5 Å². The van der Waals surface area contributed by atoms with Crippen molar-refractivity contribution in [3.63, 3.8) is 0 Å². The lowest BCUT2D eigenvalue weighted by Gasteiger charge is -2.23. The zero-order valence-electron chi connectivity index (χ0n) is 17.9. The van der Waals surface area contributed by atoms with E-state index < -0.39 is 22.5 Å². The number of sulfonamides is 1. The molecule has 3 aromatic carbocycles. The average Bonchev–Trinajstić information content (AvgIpc) is 2.77. The first-order valence-electron chi connectivity index (χ1n) is 10.00. The van der Waals surface area contributed by atoms with Crippen molar-refractivity contribution in [3.05, 3.63) is 95.6 Å². The van der Waals surface area contributed by atoms with Crippen LogP contribution in [0.25, 0.3) is 0 Å². The average molecular weight is 452 g/mol. The maximum absolute atomic E-state index is 12.8. The Morgan fingerprint density at radius 2 is 1.50 bits per heavy atom. The number of hydrogen-bond donors (Lipinski definition) is 2. The van der Waals surface area contributed by atoms with E-state index in [4.69, 9.17) is 0 Å². The van der Waals surface area contributed by atoms with Crippen LogP contribution in [0.2, 0.25) is 0 Å². The second-order valence-electron chi connectivity index (χ2n) is 7.32. The lowest BCUT2D eigenvalue weighted by atomic mass is 10.1. The van der Waals surface area contributed by atoms with E-state index in [-0.39, 0.29) is 5.91 Å². The third kappa shape index (κ3) is 5.95. The number of carbonyl (C=O) groups excluding carboxylic acids is 2. The Kier molecular flexibility index (Phi) is 7.27. The molecule has 0 atom stereocenters. The number of hydrogen-bond acceptors (Lipinski definition) is 4. The predicted octanol–water partition coefficient (Wildman–Crippen LogP) is 3.33. The van der Waals surface area contributed by atoms with Gasteiger partial charge in [-0.3, -0.25) is 13.9 Å². The zero-order valence-corrected chi connectivity index (χ0v) is 18.7. The van der Waals surface area contributed by atoms with Gasteiger partial charge < -0.3 is 10.6 Å². The van der Waals surface area contributed by atoms with E-state index in [9.17, 15) is 18.0 Å². The number of anilines is 2. The molecule has 0 unspecified atom stereocenters. The van der Waals surface area contributed by atoms with Crippen molar-refractivity contribution in [3.8, 4) is 0 Å². The number of carbonyl (C=O) groups is 2. The molecule has 7 nitrogen and oxygen atoms in total. The van der Waals surface area contributed by atoms with Crippen LogP contribution in [0.4, 0.5) is 11.4 Å². The summed E-state index contributed by atoms with van der Waals surface area (Å²) in [6.07, 6.45) is 1.05. The van der Waals surface area contributed by atoms with Gasteiger partial charge in [0.2, 0.25) is 15.9 Å². The van der Waals surface area contributed by atoms with Gasteiger partial charge in [0.1, 0.15) is 6.54 Å². The van der Waals surface area contributed by atoms with Crippen LogP contribution in [0, 0.1) is 6.92 Å². The summed E-state index contributed by atoms with van der Waals surface area (Å²) in [4.78, 5) is 25.5. The van der Waals surface area contributed by atoms with Crippen LogP contribution < -0.4 is 14.9 Å². The van der Waals surface area contributed by atoms with Crippen molar-refractivity contribution in [1.29, 1.82) is 0 Å². The summed E-state index contributed by atoms with van der Waals surface area (Å²) >= 11 is 0. The second kappa shape index (κ2) is 10.1. The van der Waals surface area contributed by atoms with Crippen LogP contribution in [-0.2, 0) is 21.4 Å². The van der Waals surface area contributed by atoms with E-state index >= 15 is 0 Å². The number of benzene rings is 3. The summed E-state index contributed by atoms with van der Waals surface area (Å²) in [5.74, 6) is -0.898. The van der Waals surface area contributed by atoms with Crippen molar-refractivity contribution < 1.29 is 18.0 Å². The molecule has 0 aliphatic rings. The second-order valence-corrected chi connectivity index (χ2v) is 9.22. The summed E-state index contributed by atoms with van der Waals surface area (Å²) in [5, 5.41) is 5.51. The normalized spacial score (nSPS) is 10.9. The minimum absolute atomic E-state index is 0.290. The maximum atomic E-state index is 12.8. The van der Waals surface area contributed by atoms with E-state index in [2.05, 4.69) is 10.6 Å². The van der Waals surface area contributed by atoms with E-state index in [0.717, 1.165) is 21.7 Å². The molecule has 32 heavy (non-hydrogen) atoms.